The Morgan fingerprint density at radius 3 is 2.06 bits per heavy atom. The molecule has 2 rings (SSSR count). The minimum Gasteiger partial charge on any atom is -0.446 e. The average molecular weight is 494 g/mol. The average Bonchev–Trinajstić information content (AvgIpc) is 3.04. The highest BCUT2D eigenvalue weighted by Crippen LogP contribution is 2.43. The first-order valence-corrected chi connectivity index (χ1v) is 18.1. The van der Waals surface area contributed by atoms with Crippen LogP contribution in [0.25, 0.3) is 0 Å². The Bertz CT molecular complexity index is 769. The van der Waals surface area contributed by atoms with Crippen LogP contribution in [0, 0.1) is 5.92 Å². The SMILES string of the molecule is CC(C)(C)[Si](C)(C)OC[C@H]1C[C@@H](OC(=O)NCc2ccccc2)C[C@H]1O[Si](C)(C)C(C)(C)C. The second-order valence-electron chi connectivity index (χ2n) is 12.6. The smallest absolute Gasteiger partial charge is 0.407 e. The number of amides is 1. The minimum absolute atomic E-state index is 0.0579. The topological polar surface area (TPSA) is 56.8 Å². The number of carbonyl (C=O) groups is 1. The number of hydrogen-bond donors (Lipinski definition) is 1. The first kappa shape index (κ1) is 28.1. The van der Waals surface area contributed by atoms with Gasteiger partial charge in [-0.3, -0.25) is 0 Å². The van der Waals surface area contributed by atoms with E-state index < -0.39 is 16.6 Å². The van der Waals surface area contributed by atoms with Crippen molar-refractivity contribution in [1.82, 2.24) is 5.32 Å². The quantitative estimate of drug-likeness (QED) is 0.392. The summed E-state index contributed by atoms with van der Waals surface area (Å²) >= 11 is 0. The van der Waals surface area contributed by atoms with Crippen molar-refractivity contribution >= 4 is 22.7 Å². The van der Waals surface area contributed by atoms with Crippen LogP contribution in [0.3, 0.4) is 0 Å². The van der Waals surface area contributed by atoms with Gasteiger partial charge < -0.3 is 18.9 Å². The highest BCUT2D eigenvalue weighted by Gasteiger charge is 2.46. The van der Waals surface area contributed by atoms with E-state index in [1.54, 1.807) is 0 Å². The molecule has 0 saturated heterocycles. The van der Waals surface area contributed by atoms with Crippen LogP contribution >= 0.6 is 0 Å². The monoisotopic (exact) mass is 493 g/mol. The Morgan fingerprint density at radius 2 is 1.52 bits per heavy atom. The third kappa shape index (κ3) is 7.94. The molecule has 1 aromatic rings. The minimum atomic E-state index is -1.95. The van der Waals surface area contributed by atoms with Crippen molar-refractivity contribution in [2.45, 2.75) is 109 Å². The number of rotatable bonds is 8. The molecule has 3 atom stereocenters. The van der Waals surface area contributed by atoms with Crippen LogP contribution in [0.1, 0.15) is 59.9 Å². The van der Waals surface area contributed by atoms with Crippen molar-refractivity contribution in [2.75, 3.05) is 6.61 Å². The Morgan fingerprint density at radius 1 is 0.939 bits per heavy atom. The van der Waals surface area contributed by atoms with E-state index in [0.29, 0.717) is 13.2 Å². The number of carbonyl (C=O) groups excluding carboxylic acids is 1. The van der Waals surface area contributed by atoms with Gasteiger partial charge in [0.05, 0.1) is 6.10 Å². The molecule has 0 bridgehead atoms. The van der Waals surface area contributed by atoms with Crippen molar-refractivity contribution in [3.8, 4) is 0 Å². The number of ether oxygens (including phenoxy) is 1. The molecule has 0 radical (unpaired) electrons. The predicted molar refractivity (Wildman–Crippen MR) is 141 cm³/mol. The van der Waals surface area contributed by atoms with E-state index in [-0.39, 0.29) is 34.3 Å². The van der Waals surface area contributed by atoms with Gasteiger partial charge in [-0.05, 0) is 48.2 Å². The van der Waals surface area contributed by atoms with Gasteiger partial charge in [-0.1, -0.05) is 71.9 Å². The highest BCUT2D eigenvalue weighted by atomic mass is 28.4. The molecule has 1 aliphatic carbocycles. The molecule has 1 aromatic carbocycles. The predicted octanol–water partition coefficient (Wildman–Crippen LogP) is 7.10. The fraction of sp³-hybridized carbons (Fsp3) is 0.731. The number of hydrogen-bond acceptors (Lipinski definition) is 4. The summed E-state index contributed by atoms with van der Waals surface area (Å²) in [6.45, 7) is 23.9. The number of nitrogens with one attached hydrogen (secondary N) is 1. The molecule has 1 N–H and O–H groups in total. The summed E-state index contributed by atoms with van der Waals surface area (Å²) in [5, 5.41) is 3.18. The molecule has 0 unspecified atom stereocenters. The lowest BCUT2D eigenvalue weighted by molar-refractivity contribution is 0.0882. The second kappa shape index (κ2) is 10.6. The summed E-state index contributed by atoms with van der Waals surface area (Å²) in [5.74, 6) is 0.236. The van der Waals surface area contributed by atoms with Crippen LogP contribution in [0.5, 0.6) is 0 Å². The van der Waals surface area contributed by atoms with Crippen molar-refractivity contribution in [3.05, 3.63) is 35.9 Å². The van der Waals surface area contributed by atoms with Gasteiger partial charge in [-0.25, -0.2) is 4.79 Å². The van der Waals surface area contributed by atoms with Crippen LogP contribution in [-0.4, -0.2) is 41.5 Å². The largest absolute Gasteiger partial charge is 0.446 e. The van der Waals surface area contributed by atoms with E-state index >= 15 is 0 Å². The summed E-state index contributed by atoms with van der Waals surface area (Å²) in [5.41, 5.74) is 1.06. The molecule has 1 aliphatic rings. The van der Waals surface area contributed by atoms with Crippen LogP contribution < -0.4 is 5.32 Å². The van der Waals surface area contributed by atoms with E-state index in [1.807, 2.05) is 30.3 Å². The van der Waals surface area contributed by atoms with E-state index in [2.05, 4.69) is 73.0 Å². The zero-order valence-corrected chi connectivity index (χ0v) is 24.6. The lowest BCUT2D eigenvalue weighted by Crippen LogP contribution is -2.46. The van der Waals surface area contributed by atoms with Gasteiger partial charge in [0.25, 0.3) is 0 Å². The summed E-state index contributed by atoms with van der Waals surface area (Å²) in [6.07, 6.45) is 1.07. The van der Waals surface area contributed by atoms with Crippen molar-refractivity contribution in [1.29, 1.82) is 0 Å². The zero-order chi connectivity index (χ0) is 25.1. The molecule has 0 spiro atoms. The summed E-state index contributed by atoms with van der Waals surface area (Å²) in [6, 6.07) is 9.89. The molecule has 0 aliphatic heterocycles. The molecule has 1 saturated carbocycles. The van der Waals surface area contributed by atoms with Crippen LogP contribution in [-0.2, 0) is 20.1 Å². The third-order valence-electron chi connectivity index (χ3n) is 7.86. The zero-order valence-electron chi connectivity index (χ0n) is 22.6. The van der Waals surface area contributed by atoms with Crippen molar-refractivity contribution < 1.29 is 18.4 Å². The van der Waals surface area contributed by atoms with E-state index in [9.17, 15) is 4.79 Å². The maximum atomic E-state index is 12.5. The fourth-order valence-electron chi connectivity index (χ4n) is 3.50. The van der Waals surface area contributed by atoms with Gasteiger partial charge in [0.2, 0.25) is 0 Å². The van der Waals surface area contributed by atoms with Crippen molar-refractivity contribution in [2.24, 2.45) is 5.92 Å². The molecule has 33 heavy (non-hydrogen) atoms. The first-order valence-electron chi connectivity index (χ1n) is 12.3. The standard InChI is InChI=1S/C26H47NO4Si2/c1-25(2,3)32(7,8)29-19-21-16-22(17-23(21)31-33(9,10)26(4,5)6)30-24(28)27-18-20-14-12-11-13-15-20/h11-15,21-23H,16-19H2,1-10H3,(H,27,28)/t21-,22-,23-/m1/s1. The first-order chi connectivity index (χ1) is 15.0. The molecule has 0 aromatic heterocycles. The van der Waals surface area contributed by atoms with Gasteiger partial charge in [0.15, 0.2) is 16.6 Å². The van der Waals surface area contributed by atoms with Gasteiger partial charge in [-0.15, -0.1) is 0 Å². The summed E-state index contributed by atoms with van der Waals surface area (Å²) < 4.78 is 19.2. The van der Waals surface area contributed by atoms with E-state index in [4.69, 9.17) is 13.6 Å². The lowest BCUT2D eigenvalue weighted by atomic mass is 10.1. The normalized spacial score (nSPS) is 22.3. The molecule has 7 heteroatoms. The molecule has 1 amide bonds. The van der Waals surface area contributed by atoms with Crippen LogP contribution in [0.15, 0.2) is 30.3 Å². The second-order valence-corrected chi connectivity index (χ2v) is 22.2. The molecule has 5 nitrogen and oxygen atoms in total. The summed E-state index contributed by atoms with van der Waals surface area (Å²) in [4.78, 5) is 12.5. The van der Waals surface area contributed by atoms with Gasteiger partial charge in [-0.2, -0.15) is 0 Å². The molecule has 188 valence electrons. The lowest BCUT2D eigenvalue weighted by Gasteiger charge is -2.41. The Balaban J connectivity index is 2.04. The van der Waals surface area contributed by atoms with Gasteiger partial charge >= 0.3 is 6.09 Å². The molecular formula is C26H47NO4Si2. The van der Waals surface area contributed by atoms with Crippen molar-refractivity contribution in [3.63, 3.8) is 0 Å². The summed E-state index contributed by atoms with van der Waals surface area (Å²) in [7, 11) is -3.82. The number of alkyl carbamates (subject to hydrolysis) is 1. The molecular weight excluding hydrogens is 446 g/mol. The molecule has 1 fully saturated rings. The fourth-order valence-corrected chi connectivity index (χ4v) is 5.97. The Labute approximate surface area is 204 Å². The maximum absolute atomic E-state index is 12.5. The molecule has 0 heterocycles. The maximum Gasteiger partial charge on any atom is 0.407 e. The third-order valence-corrected chi connectivity index (χ3v) is 16.9. The van der Waals surface area contributed by atoms with Crippen LogP contribution in [0.4, 0.5) is 4.79 Å². The Hall–Kier alpha value is -1.16. The van der Waals surface area contributed by atoms with E-state index in [0.717, 1.165) is 18.4 Å². The van der Waals surface area contributed by atoms with Gasteiger partial charge in [0, 0.05) is 25.5 Å². The van der Waals surface area contributed by atoms with E-state index in [1.165, 1.54) is 0 Å². The number of benzene rings is 1. The van der Waals surface area contributed by atoms with Crippen LogP contribution in [0.2, 0.25) is 36.3 Å². The Kier molecular flexibility index (Phi) is 9.04. The van der Waals surface area contributed by atoms with Gasteiger partial charge in [0.1, 0.15) is 6.10 Å². The highest BCUT2D eigenvalue weighted by molar-refractivity contribution is 6.74.